The molecule has 0 unspecified atom stereocenters. The number of amides is 1. The number of aryl methyl sites for hydroxylation is 1. The molecule has 2 aromatic rings. The molecule has 0 bridgehead atoms. The van der Waals surface area contributed by atoms with Crippen LogP contribution in [0.3, 0.4) is 0 Å². The number of carbonyl (C=O) groups excluding carboxylic acids is 2. The van der Waals surface area contributed by atoms with E-state index in [4.69, 9.17) is 16.3 Å². The molecular formula is C17H19ClN2O3S. The Kier molecular flexibility index (Phi) is 6.34. The van der Waals surface area contributed by atoms with Gasteiger partial charge in [-0.25, -0.2) is 9.78 Å². The second kappa shape index (κ2) is 8.26. The van der Waals surface area contributed by atoms with E-state index in [1.807, 2.05) is 13.8 Å². The zero-order chi connectivity index (χ0) is 17.7. The second-order valence-electron chi connectivity index (χ2n) is 5.78. The number of benzene rings is 1. The molecule has 0 radical (unpaired) electrons. The molecule has 0 aliphatic rings. The van der Waals surface area contributed by atoms with Gasteiger partial charge in [0, 0.05) is 5.02 Å². The summed E-state index contributed by atoms with van der Waals surface area (Å²) in [5, 5.41) is 3.73. The molecule has 1 heterocycles. The van der Waals surface area contributed by atoms with Gasteiger partial charge in [-0.05, 0) is 30.5 Å². The van der Waals surface area contributed by atoms with Crippen LogP contribution in [0.4, 0.5) is 5.13 Å². The van der Waals surface area contributed by atoms with Gasteiger partial charge in [-0.15, -0.1) is 0 Å². The van der Waals surface area contributed by atoms with E-state index in [9.17, 15) is 9.59 Å². The van der Waals surface area contributed by atoms with Gasteiger partial charge >= 0.3 is 5.97 Å². The third-order valence-corrected chi connectivity index (χ3v) is 4.36. The number of carbonyl (C=O) groups is 2. The number of hydrogen-bond acceptors (Lipinski definition) is 5. The van der Waals surface area contributed by atoms with Crippen molar-refractivity contribution in [1.29, 1.82) is 0 Å². The van der Waals surface area contributed by atoms with Crippen LogP contribution in [0.25, 0.3) is 0 Å². The van der Waals surface area contributed by atoms with Crippen molar-refractivity contribution in [2.45, 2.75) is 27.2 Å². The molecule has 0 atom stereocenters. The summed E-state index contributed by atoms with van der Waals surface area (Å²) in [7, 11) is 0. The molecule has 0 spiro atoms. The summed E-state index contributed by atoms with van der Waals surface area (Å²) in [6.07, 6.45) is 0.211. The highest BCUT2D eigenvalue weighted by molar-refractivity contribution is 7.17. The molecule has 1 aromatic carbocycles. The number of halogens is 1. The van der Waals surface area contributed by atoms with Gasteiger partial charge in [0.05, 0.1) is 18.7 Å². The van der Waals surface area contributed by atoms with Gasteiger partial charge in [0.15, 0.2) is 5.13 Å². The minimum atomic E-state index is -0.406. The fourth-order valence-corrected chi connectivity index (χ4v) is 2.90. The number of hydrogen-bond donors (Lipinski definition) is 1. The number of nitrogens with one attached hydrogen (secondary N) is 1. The molecule has 24 heavy (non-hydrogen) atoms. The summed E-state index contributed by atoms with van der Waals surface area (Å²) in [5.74, 6) is -0.342. The Bertz CT molecular complexity index is 726. The molecule has 0 saturated carbocycles. The Morgan fingerprint density at radius 3 is 2.58 bits per heavy atom. The number of esters is 1. The van der Waals surface area contributed by atoms with Crippen LogP contribution in [-0.4, -0.2) is 23.5 Å². The lowest BCUT2D eigenvalue weighted by atomic mass is 10.1. The van der Waals surface area contributed by atoms with Crippen LogP contribution in [0.5, 0.6) is 0 Å². The molecule has 0 aliphatic heterocycles. The zero-order valence-corrected chi connectivity index (χ0v) is 15.3. The van der Waals surface area contributed by atoms with E-state index in [1.54, 1.807) is 31.2 Å². The Labute approximate surface area is 150 Å². The predicted octanol–water partition coefficient (Wildman–Crippen LogP) is 4.10. The number of anilines is 1. The molecule has 1 aromatic heterocycles. The highest BCUT2D eigenvalue weighted by Crippen LogP contribution is 2.24. The largest absolute Gasteiger partial charge is 0.461 e. The van der Waals surface area contributed by atoms with Crippen LogP contribution in [0.1, 0.15) is 34.8 Å². The summed E-state index contributed by atoms with van der Waals surface area (Å²) in [6.45, 7) is 6.01. The fraction of sp³-hybridized carbons (Fsp3) is 0.353. The number of rotatable bonds is 6. The molecule has 7 heteroatoms. The zero-order valence-electron chi connectivity index (χ0n) is 13.8. The Balaban J connectivity index is 1.97. The third kappa shape index (κ3) is 5.32. The summed E-state index contributed by atoms with van der Waals surface area (Å²) in [4.78, 5) is 28.7. The highest BCUT2D eigenvalue weighted by atomic mass is 35.5. The van der Waals surface area contributed by atoms with Crippen molar-refractivity contribution >= 4 is 39.9 Å². The first-order chi connectivity index (χ1) is 11.3. The summed E-state index contributed by atoms with van der Waals surface area (Å²) < 4.78 is 5.20. The van der Waals surface area contributed by atoms with Crippen molar-refractivity contribution in [2.24, 2.45) is 5.92 Å². The predicted molar refractivity (Wildman–Crippen MR) is 95.8 cm³/mol. The molecular weight excluding hydrogens is 348 g/mol. The molecule has 0 aliphatic carbocycles. The minimum absolute atomic E-state index is 0.201. The lowest BCUT2D eigenvalue weighted by Gasteiger charge is -2.05. The van der Waals surface area contributed by atoms with Crippen LogP contribution < -0.4 is 5.32 Å². The SMILES string of the molecule is Cc1nc(NC(=O)Cc2ccc(Cl)cc2)sc1C(=O)OCC(C)C. The van der Waals surface area contributed by atoms with E-state index < -0.39 is 5.97 Å². The standard InChI is InChI=1S/C17H19ClN2O3S/c1-10(2)9-23-16(22)15-11(3)19-17(24-15)20-14(21)8-12-4-6-13(18)7-5-12/h4-7,10H,8-9H2,1-3H3,(H,19,20,21). The Hall–Kier alpha value is -1.92. The van der Waals surface area contributed by atoms with Crippen molar-refractivity contribution < 1.29 is 14.3 Å². The normalized spacial score (nSPS) is 10.7. The van der Waals surface area contributed by atoms with Crippen LogP contribution >= 0.6 is 22.9 Å². The fourth-order valence-electron chi connectivity index (χ4n) is 1.90. The molecule has 128 valence electrons. The molecule has 1 amide bonds. The molecule has 1 N–H and O–H groups in total. The van der Waals surface area contributed by atoms with Gasteiger partial charge in [0.1, 0.15) is 4.88 Å². The number of aromatic nitrogens is 1. The van der Waals surface area contributed by atoms with Gasteiger partial charge in [0.25, 0.3) is 0 Å². The van der Waals surface area contributed by atoms with Gasteiger partial charge in [-0.1, -0.05) is 48.9 Å². The first-order valence-electron chi connectivity index (χ1n) is 7.54. The van der Waals surface area contributed by atoms with E-state index in [2.05, 4.69) is 10.3 Å². The molecule has 0 fully saturated rings. The van der Waals surface area contributed by atoms with Crippen LogP contribution in [0.15, 0.2) is 24.3 Å². The van der Waals surface area contributed by atoms with Crippen LogP contribution in [-0.2, 0) is 16.0 Å². The average Bonchev–Trinajstić information content (AvgIpc) is 2.87. The first-order valence-corrected chi connectivity index (χ1v) is 8.73. The summed E-state index contributed by atoms with van der Waals surface area (Å²) in [5.41, 5.74) is 1.40. The van der Waals surface area contributed by atoms with Gasteiger partial charge < -0.3 is 10.1 Å². The monoisotopic (exact) mass is 366 g/mol. The first kappa shape index (κ1) is 18.4. The van der Waals surface area contributed by atoms with E-state index >= 15 is 0 Å². The second-order valence-corrected chi connectivity index (χ2v) is 7.21. The highest BCUT2D eigenvalue weighted by Gasteiger charge is 2.18. The lowest BCUT2D eigenvalue weighted by Crippen LogP contribution is -2.14. The minimum Gasteiger partial charge on any atom is -0.461 e. The Morgan fingerprint density at radius 1 is 1.29 bits per heavy atom. The number of thiazole rings is 1. The molecule has 5 nitrogen and oxygen atoms in total. The maximum Gasteiger partial charge on any atom is 0.350 e. The Morgan fingerprint density at radius 2 is 1.96 bits per heavy atom. The van der Waals surface area contributed by atoms with Crippen molar-refractivity contribution in [3.05, 3.63) is 45.4 Å². The van der Waals surface area contributed by atoms with Crippen LogP contribution in [0.2, 0.25) is 5.02 Å². The van der Waals surface area contributed by atoms with E-state index in [1.165, 1.54) is 0 Å². The van der Waals surface area contributed by atoms with Crippen molar-refractivity contribution in [1.82, 2.24) is 4.98 Å². The van der Waals surface area contributed by atoms with Gasteiger partial charge in [-0.2, -0.15) is 0 Å². The maximum atomic E-state index is 12.1. The lowest BCUT2D eigenvalue weighted by molar-refractivity contribution is -0.115. The molecule has 0 saturated heterocycles. The van der Waals surface area contributed by atoms with E-state index in [0.717, 1.165) is 16.9 Å². The number of nitrogens with zero attached hydrogens (tertiary/aromatic N) is 1. The van der Waals surface area contributed by atoms with Crippen molar-refractivity contribution in [3.63, 3.8) is 0 Å². The third-order valence-electron chi connectivity index (χ3n) is 3.05. The maximum absolute atomic E-state index is 12.1. The topological polar surface area (TPSA) is 68.3 Å². The summed E-state index contributed by atoms with van der Waals surface area (Å²) >= 11 is 6.94. The van der Waals surface area contributed by atoms with E-state index in [0.29, 0.717) is 27.3 Å². The molecule has 2 rings (SSSR count). The van der Waals surface area contributed by atoms with E-state index in [-0.39, 0.29) is 18.2 Å². The average molecular weight is 367 g/mol. The quantitative estimate of drug-likeness (QED) is 0.781. The number of ether oxygens (including phenoxy) is 1. The van der Waals surface area contributed by atoms with Crippen molar-refractivity contribution in [2.75, 3.05) is 11.9 Å². The van der Waals surface area contributed by atoms with Gasteiger partial charge in [0.2, 0.25) is 5.91 Å². The van der Waals surface area contributed by atoms with Crippen LogP contribution in [0, 0.1) is 12.8 Å². The van der Waals surface area contributed by atoms with Crippen molar-refractivity contribution in [3.8, 4) is 0 Å². The van der Waals surface area contributed by atoms with Gasteiger partial charge in [-0.3, -0.25) is 4.79 Å². The smallest absolute Gasteiger partial charge is 0.350 e. The summed E-state index contributed by atoms with van der Waals surface area (Å²) in [6, 6.07) is 7.06.